The standard InChI is InChI=1S/C6H11BFNO2/c8-5-3-9(7-4-10)2-1-6(5)11/h4-7,11H,1-3H2/t5-,6+/m1/s1. The first-order valence-corrected chi connectivity index (χ1v) is 3.72. The molecule has 1 heterocycles. The molecule has 0 radical (unpaired) electrons. The van der Waals surface area contributed by atoms with Crippen LogP contribution in [0.5, 0.6) is 0 Å². The van der Waals surface area contributed by atoms with Crippen molar-refractivity contribution in [3.05, 3.63) is 0 Å². The smallest absolute Gasteiger partial charge is 0.281 e. The monoisotopic (exact) mass is 159 g/mol. The third-order valence-electron chi connectivity index (χ3n) is 1.92. The summed E-state index contributed by atoms with van der Waals surface area (Å²) in [6.45, 7) is 0.792. The van der Waals surface area contributed by atoms with E-state index in [9.17, 15) is 9.18 Å². The molecule has 0 aromatic heterocycles. The van der Waals surface area contributed by atoms with E-state index in [-0.39, 0.29) is 14.0 Å². The number of nitrogens with zero attached hydrogens (tertiary/aromatic N) is 1. The van der Waals surface area contributed by atoms with Gasteiger partial charge in [-0.2, -0.15) is 0 Å². The van der Waals surface area contributed by atoms with Gasteiger partial charge in [0.1, 0.15) is 6.17 Å². The van der Waals surface area contributed by atoms with Crippen molar-refractivity contribution in [2.24, 2.45) is 0 Å². The average molecular weight is 159 g/mol. The predicted octanol–water partition coefficient (Wildman–Crippen LogP) is -1.07. The van der Waals surface area contributed by atoms with E-state index in [1.165, 1.54) is 0 Å². The number of hydrogen-bond donors (Lipinski definition) is 1. The van der Waals surface area contributed by atoms with Crippen molar-refractivity contribution in [1.82, 2.24) is 4.81 Å². The summed E-state index contributed by atoms with van der Waals surface area (Å²) in [6.07, 6.45) is -0.846. The average Bonchev–Trinajstić information content (AvgIpc) is 1.98. The molecule has 62 valence electrons. The number of rotatable bonds is 2. The summed E-state index contributed by atoms with van der Waals surface area (Å²) in [5.41, 5.74) is 0. The minimum atomic E-state index is -1.19. The molecule has 0 spiro atoms. The molecule has 0 unspecified atom stereocenters. The fraction of sp³-hybridized carbons (Fsp3) is 0.833. The SMILES string of the molecule is O=CBN1CC[C@H](O)[C@H](F)C1. The first kappa shape index (κ1) is 8.68. The Balaban J connectivity index is 2.33. The summed E-state index contributed by atoms with van der Waals surface area (Å²) in [5.74, 6) is 0. The Labute approximate surface area is 65.4 Å². The van der Waals surface area contributed by atoms with Gasteiger partial charge in [0.05, 0.1) is 12.3 Å². The van der Waals surface area contributed by atoms with Crippen molar-refractivity contribution >= 4 is 13.6 Å². The van der Waals surface area contributed by atoms with Crippen molar-refractivity contribution in [2.45, 2.75) is 18.7 Å². The maximum Gasteiger partial charge on any atom is 0.281 e. The van der Waals surface area contributed by atoms with Gasteiger partial charge < -0.3 is 14.7 Å². The number of alkyl halides is 1. The van der Waals surface area contributed by atoms with Gasteiger partial charge in [0, 0.05) is 6.54 Å². The summed E-state index contributed by atoms with van der Waals surface area (Å²) < 4.78 is 12.7. The molecule has 0 aliphatic carbocycles. The molecule has 11 heavy (non-hydrogen) atoms. The lowest BCUT2D eigenvalue weighted by Gasteiger charge is -2.30. The zero-order valence-electron chi connectivity index (χ0n) is 6.24. The van der Waals surface area contributed by atoms with E-state index in [0.717, 1.165) is 6.19 Å². The van der Waals surface area contributed by atoms with E-state index in [0.29, 0.717) is 13.0 Å². The molecule has 0 aromatic rings. The number of carbonyl (C=O) groups is 1. The number of carbonyl (C=O) groups excluding carboxylic acids is 1. The van der Waals surface area contributed by atoms with E-state index in [4.69, 9.17) is 5.11 Å². The zero-order chi connectivity index (χ0) is 8.27. The van der Waals surface area contributed by atoms with E-state index < -0.39 is 12.3 Å². The maximum atomic E-state index is 12.7. The molecule has 2 atom stereocenters. The molecule has 5 heteroatoms. The molecule has 0 amide bonds. The van der Waals surface area contributed by atoms with Crippen molar-refractivity contribution in [1.29, 1.82) is 0 Å². The number of aliphatic hydroxyl groups is 1. The van der Waals surface area contributed by atoms with Crippen LogP contribution in [0, 0.1) is 0 Å². The van der Waals surface area contributed by atoms with Crippen LogP contribution < -0.4 is 0 Å². The summed E-state index contributed by atoms with van der Waals surface area (Å²) >= 11 is 0. The van der Waals surface area contributed by atoms with Gasteiger partial charge in [0.2, 0.25) is 0 Å². The molecule has 1 aliphatic heterocycles. The second kappa shape index (κ2) is 3.83. The highest BCUT2D eigenvalue weighted by Gasteiger charge is 2.26. The Hall–Kier alpha value is -0.415. The molecule has 1 rings (SSSR count). The van der Waals surface area contributed by atoms with Crippen molar-refractivity contribution in [2.75, 3.05) is 13.1 Å². The van der Waals surface area contributed by atoms with E-state index in [2.05, 4.69) is 0 Å². The van der Waals surface area contributed by atoms with Crippen LogP contribution >= 0.6 is 0 Å². The first-order valence-electron chi connectivity index (χ1n) is 3.72. The largest absolute Gasteiger partial charge is 0.390 e. The van der Waals surface area contributed by atoms with Crippen LogP contribution in [0.1, 0.15) is 6.42 Å². The van der Waals surface area contributed by atoms with Crippen LogP contribution in [-0.2, 0) is 4.79 Å². The molecular formula is C6H11BFNO2. The van der Waals surface area contributed by atoms with Crippen LogP contribution in [0.3, 0.4) is 0 Å². The third kappa shape index (κ3) is 2.27. The first-order chi connectivity index (χ1) is 5.24. The Kier molecular flexibility index (Phi) is 3.02. The topological polar surface area (TPSA) is 40.5 Å². The second-order valence-corrected chi connectivity index (χ2v) is 2.80. The minimum Gasteiger partial charge on any atom is -0.390 e. The highest BCUT2D eigenvalue weighted by atomic mass is 19.1. The second-order valence-electron chi connectivity index (χ2n) is 2.80. The maximum absolute atomic E-state index is 12.7. The van der Waals surface area contributed by atoms with Crippen LogP contribution in [-0.4, -0.2) is 48.9 Å². The molecule has 0 saturated carbocycles. The molecule has 3 nitrogen and oxygen atoms in total. The lowest BCUT2D eigenvalue weighted by Crippen LogP contribution is -2.46. The quantitative estimate of drug-likeness (QED) is 0.412. The molecular weight excluding hydrogens is 148 g/mol. The normalized spacial score (nSPS) is 33.3. The van der Waals surface area contributed by atoms with E-state index >= 15 is 0 Å². The number of aliphatic hydroxyl groups excluding tert-OH is 1. The molecule has 0 bridgehead atoms. The number of halogens is 1. The summed E-state index contributed by atoms with van der Waals surface area (Å²) in [5, 5.41) is 8.97. The van der Waals surface area contributed by atoms with Crippen molar-refractivity contribution in [3.63, 3.8) is 0 Å². The summed E-state index contributed by atoms with van der Waals surface area (Å²) in [4.78, 5) is 11.7. The number of hydrogen-bond acceptors (Lipinski definition) is 3. The minimum absolute atomic E-state index is 0.180. The van der Waals surface area contributed by atoms with Crippen LogP contribution in [0.25, 0.3) is 0 Å². The highest BCUT2D eigenvalue weighted by Crippen LogP contribution is 2.12. The van der Waals surface area contributed by atoms with Gasteiger partial charge >= 0.3 is 0 Å². The molecule has 1 aliphatic rings. The fourth-order valence-corrected chi connectivity index (χ4v) is 1.23. The van der Waals surface area contributed by atoms with Gasteiger partial charge in [-0.1, -0.05) is 0 Å². The molecule has 0 aromatic carbocycles. The lowest BCUT2D eigenvalue weighted by molar-refractivity contribution is 0.0301. The summed E-state index contributed by atoms with van der Waals surface area (Å²) in [7, 11) is 0.271. The third-order valence-corrected chi connectivity index (χ3v) is 1.92. The van der Waals surface area contributed by atoms with Crippen LogP contribution in [0.2, 0.25) is 0 Å². The van der Waals surface area contributed by atoms with Gasteiger partial charge in [-0.05, 0) is 13.0 Å². The van der Waals surface area contributed by atoms with Crippen LogP contribution in [0.4, 0.5) is 4.39 Å². The Morgan fingerprint density at radius 1 is 1.73 bits per heavy atom. The Bertz CT molecular complexity index is 147. The van der Waals surface area contributed by atoms with Gasteiger partial charge in [0.15, 0.2) is 0 Å². The molecule has 1 saturated heterocycles. The van der Waals surface area contributed by atoms with Gasteiger partial charge in [-0.25, -0.2) is 4.39 Å². The number of piperidine rings is 1. The zero-order valence-corrected chi connectivity index (χ0v) is 6.24. The lowest BCUT2D eigenvalue weighted by atomic mass is 9.90. The Morgan fingerprint density at radius 3 is 3.00 bits per heavy atom. The van der Waals surface area contributed by atoms with Crippen molar-refractivity contribution < 1.29 is 14.3 Å². The fourth-order valence-electron chi connectivity index (χ4n) is 1.23. The molecule has 1 fully saturated rings. The summed E-state index contributed by atoms with van der Waals surface area (Å²) in [6, 6.07) is 0. The van der Waals surface area contributed by atoms with E-state index in [1.807, 2.05) is 0 Å². The predicted molar refractivity (Wildman–Crippen MR) is 41.0 cm³/mol. The highest BCUT2D eigenvalue weighted by molar-refractivity contribution is 6.64. The van der Waals surface area contributed by atoms with Gasteiger partial charge in [-0.3, -0.25) is 0 Å². The molecule has 1 N–H and O–H groups in total. The van der Waals surface area contributed by atoms with Gasteiger partial charge in [-0.15, -0.1) is 0 Å². The van der Waals surface area contributed by atoms with Crippen LogP contribution in [0.15, 0.2) is 0 Å². The Morgan fingerprint density at radius 2 is 2.45 bits per heavy atom. The van der Waals surface area contributed by atoms with Crippen molar-refractivity contribution in [3.8, 4) is 0 Å². The van der Waals surface area contributed by atoms with Gasteiger partial charge in [0.25, 0.3) is 7.41 Å². The van der Waals surface area contributed by atoms with E-state index in [1.54, 1.807) is 4.81 Å².